The number of hydrogen-bond donors (Lipinski definition) is 1. The minimum atomic E-state index is -0.167. The molecule has 1 N–H and O–H groups in total. The third kappa shape index (κ3) is 3.67. The molecule has 0 aliphatic heterocycles. The Morgan fingerprint density at radius 1 is 1.29 bits per heavy atom. The fourth-order valence-corrected chi connectivity index (χ4v) is 4.52. The Labute approximate surface area is 200 Å². The van der Waals surface area contributed by atoms with Crippen molar-refractivity contribution in [2.24, 2.45) is 0 Å². The van der Waals surface area contributed by atoms with E-state index >= 15 is 0 Å². The van der Waals surface area contributed by atoms with Crippen LogP contribution in [-0.2, 0) is 13.1 Å². The molecule has 5 aromatic heterocycles. The average Bonchev–Trinajstić information content (AvgIpc) is 3.21. The second kappa shape index (κ2) is 8.18. The quantitative estimate of drug-likeness (QED) is 0.383. The summed E-state index contributed by atoms with van der Waals surface area (Å²) in [5.41, 5.74) is 4.81. The number of halogens is 1. The van der Waals surface area contributed by atoms with Crippen LogP contribution >= 0.6 is 11.6 Å². The molecule has 0 atom stereocenters. The van der Waals surface area contributed by atoms with Gasteiger partial charge in [-0.1, -0.05) is 11.6 Å². The normalized spacial score (nSPS) is 13.6. The molecule has 5 heterocycles. The summed E-state index contributed by atoms with van der Waals surface area (Å²) in [6, 6.07) is 7.75. The van der Waals surface area contributed by atoms with Crippen LogP contribution in [0.15, 0.2) is 55.4 Å². The zero-order valence-corrected chi connectivity index (χ0v) is 19.2. The molecular formula is C24H22ClN7O2. The smallest absolute Gasteiger partial charge is 0.257 e. The number of imidazole rings is 2. The third-order valence-electron chi connectivity index (χ3n) is 6.18. The van der Waals surface area contributed by atoms with E-state index < -0.39 is 0 Å². The maximum atomic E-state index is 13.4. The Bertz CT molecular complexity index is 1500. The molecule has 5 aromatic rings. The first kappa shape index (κ1) is 20.7. The molecule has 0 bridgehead atoms. The predicted molar refractivity (Wildman–Crippen MR) is 126 cm³/mol. The lowest BCUT2D eigenvalue weighted by atomic mass is 10.2. The minimum absolute atomic E-state index is 0.167. The van der Waals surface area contributed by atoms with Gasteiger partial charge in [-0.05, 0) is 43.0 Å². The number of aromatic amines is 1. The van der Waals surface area contributed by atoms with Gasteiger partial charge in [0, 0.05) is 29.2 Å². The number of H-pyrrole nitrogens is 1. The van der Waals surface area contributed by atoms with E-state index in [9.17, 15) is 4.79 Å². The first-order chi connectivity index (χ1) is 16.6. The molecule has 1 fully saturated rings. The largest absolute Gasteiger partial charge is 0.482 e. The second-order valence-electron chi connectivity index (χ2n) is 8.51. The predicted octanol–water partition coefficient (Wildman–Crippen LogP) is 4.09. The van der Waals surface area contributed by atoms with Crippen LogP contribution in [-0.4, -0.2) is 46.9 Å². The molecule has 0 unspecified atom stereocenters. The molecule has 1 amide bonds. The van der Waals surface area contributed by atoms with E-state index in [0.29, 0.717) is 29.6 Å². The molecule has 6 rings (SSSR count). The van der Waals surface area contributed by atoms with Gasteiger partial charge < -0.3 is 14.0 Å². The number of ether oxygens (including phenoxy) is 1. The van der Waals surface area contributed by atoms with Gasteiger partial charge in [-0.3, -0.25) is 14.3 Å². The topological polar surface area (TPSA) is 92.8 Å². The number of amides is 1. The molecule has 9 nitrogen and oxygen atoms in total. The summed E-state index contributed by atoms with van der Waals surface area (Å²) in [7, 11) is 1.68. The van der Waals surface area contributed by atoms with Crippen LogP contribution in [0.25, 0.3) is 11.2 Å². The van der Waals surface area contributed by atoms with Crippen molar-refractivity contribution < 1.29 is 9.53 Å². The summed E-state index contributed by atoms with van der Waals surface area (Å²) < 4.78 is 9.59. The fourth-order valence-electron chi connectivity index (χ4n) is 4.36. The maximum absolute atomic E-state index is 13.4. The first-order valence-corrected chi connectivity index (χ1v) is 11.4. The molecule has 0 saturated heterocycles. The number of aromatic nitrogens is 6. The molecule has 34 heavy (non-hydrogen) atoms. The van der Waals surface area contributed by atoms with Crippen LogP contribution in [0.3, 0.4) is 0 Å². The number of carbonyl (C=O) groups is 1. The molecule has 172 valence electrons. The first-order valence-electron chi connectivity index (χ1n) is 11.0. The summed E-state index contributed by atoms with van der Waals surface area (Å²) in [5.74, 6) is 1.19. The van der Waals surface area contributed by atoms with Crippen LogP contribution in [0.4, 0.5) is 0 Å². The van der Waals surface area contributed by atoms with Gasteiger partial charge in [0.05, 0.1) is 55.2 Å². The van der Waals surface area contributed by atoms with Crippen molar-refractivity contribution in [2.45, 2.75) is 31.8 Å². The Kier molecular flexibility index (Phi) is 4.99. The standard InChI is InChI=1S/C24H22ClN7O2/c1-34-24-19(15-2-3-15)4-5-22-29-18(12-32(22)24)11-31(23(33)16-9-27-28-10-16)13-20-21-8-17(25)6-7-30(21)14-26-20/h4-10,12,14-15H,2-3,11,13H2,1H3,(H,27,28). The number of nitrogens with zero attached hydrogens (tertiary/aromatic N) is 6. The number of methoxy groups -OCH3 is 1. The van der Waals surface area contributed by atoms with Crippen molar-refractivity contribution in [3.63, 3.8) is 0 Å². The maximum Gasteiger partial charge on any atom is 0.257 e. The van der Waals surface area contributed by atoms with Crippen LogP contribution in [0.2, 0.25) is 5.02 Å². The highest BCUT2D eigenvalue weighted by atomic mass is 35.5. The van der Waals surface area contributed by atoms with Gasteiger partial charge in [-0.25, -0.2) is 9.97 Å². The molecular weight excluding hydrogens is 454 g/mol. The summed E-state index contributed by atoms with van der Waals surface area (Å²) in [4.78, 5) is 24.4. The highest BCUT2D eigenvalue weighted by Crippen LogP contribution is 2.44. The fraction of sp³-hybridized carbons (Fsp3) is 0.250. The van der Waals surface area contributed by atoms with Crippen molar-refractivity contribution in [3.8, 4) is 5.88 Å². The number of hydrogen-bond acceptors (Lipinski definition) is 5. The van der Waals surface area contributed by atoms with Gasteiger partial charge >= 0.3 is 0 Å². The average molecular weight is 476 g/mol. The second-order valence-corrected chi connectivity index (χ2v) is 8.95. The molecule has 1 aliphatic carbocycles. The van der Waals surface area contributed by atoms with Gasteiger partial charge in [-0.15, -0.1) is 0 Å². The highest BCUT2D eigenvalue weighted by Gasteiger charge is 2.28. The zero-order valence-electron chi connectivity index (χ0n) is 18.5. The van der Waals surface area contributed by atoms with Gasteiger partial charge in [0.2, 0.25) is 5.88 Å². The van der Waals surface area contributed by atoms with Crippen molar-refractivity contribution in [1.29, 1.82) is 0 Å². The van der Waals surface area contributed by atoms with E-state index in [1.54, 1.807) is 30.6 Å². The van der Waals surface area contributed by atoms with Crippen LogP contribution in [0.5, 0.6) is 5.88 Å². The Morgan fingerprint density at radius 2 is 2.18 bits per heavy atom. The molecule has 0 aromatic carbocycles. The summed E-state index contributed by atoms with van der Waals surface area (Å²) in [5, 5.41) is 7.26. The van der Waals surface area contributed by atoms with E-state index in [1.165, 1.54) is 24.6 Å². The van der Waals surface area contributed by atoms with E-state index in [2.05, 4.69) is 21.2 Å². The highest BCUT2D eigenvalue weighted by molar-refractivity contribution is 6.30. The van der Waals surface area contributed by atoms with Crippen molar-refractivity contribution in [3.05, 3.63) is 82.9 Å². The lowest BCUT2D eigenvalue weighted by Gasteiger charge is -2.20. The number of pyridine rings is 2. The molecule has 0 radical (unpaired) electrons. The third-order valence-corrected chi connectivity index (χ3v) is 6.41. The van der Waals surface area contributed by atoms with Gasteiger partial charge in [0.15, 0.2) is 0 Å². The van der Waals surface area contributed by atoms with Gasteiger partial charge in [0.1, 0.15) is 5.65 Å². The van der Waals surface area contributed by atoms with Crippen LogP contribution < -0.4 is 4.74 Å². The van der Waals surface area contributed by atoms with E-state index in [0.717, 1.165) is 28.4 Å². The Morgan fingerprint density at radius 3 is 2.94 bits per heavy atom. The monoisotopic (exact) mass is 475 g/mol. The van der Waals surface area contributed by atoms with E-state index in [1.807, 2.05) is 33.3 Å². The lowest BCUT2D eigenvalue weighted by Crippen LogP contribution is -2.30. The number of fused-ring (bicyclic) bond motifs is 2. The number of rotatable bonds is 7. The van der Waals surface area contributed by atoms with Crippen molar-refractivity contribution in [2.75, 3.05) is 7.11 Å². The zero-order chi connectivity index (χ0) is 23.2. The molecule has 10 heteroatoms. The van der Waals surface area contributed by atoms with Crippen molar-refractivity contribution in [1.82, 2.24) is 33.9 Å². The van der Waals surface area contributed by atoms with E-state index in [-0.39, 0.29) is 5.91 Å². The summed E-state index contributed by atoms with van der Waals surface area (Å²) in [6.45, 7) is 0.590. The van der Waals surface area contributed by atoms with E-state index in [4.69, 9.17) is 21.3 Å². The number of nitrogens with one attached hydrogen (secondary N) is 1. The lowest BCUT2D eigenvalue weighted by molar-refractivity contribution is 0.0727. The van der Waals surface area contributed by atoms with Crippen molar-refractivity contribution >= 4 is 28.7 Å². The molecule has 0 spiro atoms. The molecule has 1 saturated carbocycles. The van der Waals surface area contributed by atoms with Crippen LogP contribution in [0.1, 0.15) is 46.1 Å². The Hall–Kier alpha value is -3.85. The Balaban J connectivity index is 1.36. The van der Waals surface area contributed by atoms with Gasteiger partial charge in [0.25, 0.3) is 5.91 Å². The minimum Gasteiger partial charge on any atom is -0.482 e. The SMILES string of the molecule is COc1c(C2CC2)ccc2nc(CN(Cc3ncn4ccc(Cl)cc34)C(=O)c3cn[nH]c3)cn12. The summed E-state index contributed by atoms with van der Waals surface area (Å²) >= 11 is 6.21. The molecule has 1 aliphatic rings. The summed E-state index contributed by atoms with van der Waals surface area (Å²) in [6.07, 6.45) is 11.0. The van der Waals surface area contributed by atoms with Crippen LogP contribution in [0, 0.1) is 0 Å². The van der Waals surface area contributed by atoms with Gasteiger partial charge in [-0.2, -0.15) is 5.10 Å². The number of carbonyl (C=O) groups excluding carboxylic acids is 1.